The predicted molar refractivity (Wildman–Crippen MR) is 98.0 cm³/mol. The topological polar surface area (TPSA) is 110 Å². The van der Waals surface area contributed by atoms with Gasteiger partial charge in [0, 0.05) is 45.3 Å². The average Bonchev–Trinajstić information content (AvgIpc) is 2.87. The molecule has 1 fully saturated rings. The summed E-state index contributed by atoms with van der Waals surface area (Å²) < 4.78 is 28.4. The number of carbonyl (C=O) groups excluding carboxylic acids is 1. The third-order valence-corrected chi connectivity index (χ3v) is 5.96. The minimum atomic E-state index is -3.68. The fourth-order valence-corrected chi connectivity index (χ4v) is 3.92. The van der Waals surface area contributed by atoms with Gasteiger partial charge in [0.05, 0.1) is 0 Å². The molecule has 1 aromatic heterocycles. The van der Waals surface area contributed by atoms with E-state index in [1.165, 1.54) is 6.20 Å². The first-order valence-corrected chi connectivity index (χ1v) is 9.72. The summed E-state index contributed by atoms with van der Waals surface area (Å²) in [5.74, 6) is 1.04. The Morgan fingerprint density at radius 2 is 2.04 bits per heavy atom. The van der Waals surface area contributed by atoms with Crippen LogP contribution in [0.4, 0.5) is 0 Å². The molecular formula is C15H28ClN5O3S. The average molecular weight is 394 g/mol. The number of amides is 1. The molecule has 1 aliphatic heterocycles. The van der Waals surface area contributed by atoms with Crippen LogP contribution in [0.2, 0.25) is 0 Å². The van der Waals surface area contributed by atoms with Gasteiger partial charge in [-0.3, -0.25) is 4.79 Å². The van der Waals surface area contributed by atoms with Crippen molar-refractivity contribution in [3.8, 4) is 0 Å². The van der Waals surface area contributed by atoms with E-state index in [4.69, 9.17) is 5.73 Å². The third-order valence-electron chi connectivity index (χ3n) is 4.63. The van der Waals surface area contributed by atoms with Gasteiger partial charge >= 0.3 is 0 Å². The molecule has 2 heterocycles. The van der Waals surface area contributed by atoms with Gasteiger partial charge in [-0.1, -0.05) is 0 Å². The molecule has 1 aliphatic rings. The van der Waals surface area contributed by atoms with Gasteiger partial charge in [-0.15, -0.1) is 12.4 Å². The molecule has 1 atom stereocenters. The number of hydrogen-bond acceptors (Lipinski definition) is 5. The van der Waals surface area contributed by atoms with Gasteiger partial charge in [0.15, 0.2) is 5.03 Å². The Labute approximate surface area is 155 Å². The van der Waals surface area contributed by atoms with Crippen LogP contribution in [0.15, 0.2) is 11.2 Å². The van der Waals surface area contributed by atoms with Crippen LogP contribution >= 0.6 is 12.4 Å². The zero-order chi connectivity index (χ0) is 17.9. The Kier molecular flexibility index (Phi) is 7.86. The number of imidazole rings is 1. The van der Waals surface area contributed by atoms with E-state index in [0.29, 0.717) is 24.8 Å². The smallest absolute Gasteiger partial charge is 0.259 e. The number of likely N-dealkylation sites (tertiary alicyclic amines) is 1. The van der Waals surface area contributed by atoms with Crippen LogP contribution in [0.25, 0.3) is 0 Å². The summed E-state index contributed by atoms with van der Waals surface area (Å²) in [5.41, 5.74) is 5.90. The fourth-order valence-electron chi connectivity index (χ4n) is 2.85. The number of sulfonamides is 1. The van der Waals surface area contributed by atoms with Crippen LogP contribution in [0.5, 0.6) is 0 Å². The molecule has 1 saturated heterocycles. The summed E-state index contributed by atoms with van der Waals surface area (Å²) in [7, 11) is -1.94. The largest absolute Gasteiger partial charge is 0.343 e. The summed E-state index contributed by atoms with van der Waals surface area (Å²) >= 11 is 0. The monoisotopic (exact) mass is 393 g/mol. The molecule has 2 rings (SSSR count). The number of aromatic nitrogens is 2. The van der Waals surface area contributed by atoms with Crippen LogP contribution in [0, 0.1) is 12.8 Å². The van der Waals surface area contributed by atoms with E-state index in [-0.39, 0.29) is 42.3 Å². The highest BCUT2D eigenvalue weighted by atomic mass is 35.5. The highest BCUT2D eigenvalue weighted by Crippen LogP contribution is 2.19. The first-order valence-electron chi connectivity index (χ1n) is 8.23. The molecule has 0 aliphatic carbocycles. The van der Waals surface area contributed by atoms with E-state index in [1.54, 1.807) is 23.4 Å². The van der Waals surface area contributed by atoms with Crippen molar-refractivity contribution in [2.75, 3.05) is 19.6 Å². The lowest BCUT2D eigenvalue weighted by molar-refractivity contribution is -0.132. The van der Waals surface area contributed by atoms with Gasteiger partial charge in [-0.2, -0.15) is 0 Å². The molecule has 1 unspecified atom stereocenters. The molecule has 1 aromatic rings. The second-order valence-corrected chi connectivity index (χ2v) is 8.18. The number of hydrogen-bond donors (Lipinski definition) is 2. The maximum Gasteiger partial charge on any atom is 0.259 e. The quantitative estimate of drug-likeness (QED) is 0.727. The summed E-state index contributed by atoms with van der Waals surface area (Å²) in [6.07, 6.45) is 3.41. The van der Waals surface area contributed by atoms with Crippen LogP contribution < -0.4 is 10.5 Å². The van der Waals surface area contributed by atoms with Crippen molar-refractivity contribution < 1.29 is 13.2 Å². The third kappa shape index (κ3) is 5.67. The van der Waals surface area contributed by atoms with Gasteiger partial charge < -0.3 is 15.2 Å². The number of carbonyl (C=O) groups is 1. The lowest BCUT2D eigenvalue weighted by Gasteiger charge is -2.33. The number of nitrogens with two attached hydrogens (primary N) is 1. The van der Waals surface area contributed by atoms with Crippen molar-refractivity contribution >= 4 is 28.3 Å². The molecule has 0 spiro atoms. The van der Waals surface area contributed by atoms with Crippen molar-refractivity contribution in [2.45, 2.75) is 44.2 Å². The Hall–Kier alpha value is -1.16. The highest BCUT2D eigenvalue weighted by Gasteiger charge is 2.25. The van der Waals surface area contributed by atoms with Gasteiger partial charge in [0.1, 0.15) is 5.82 Å². The number of piperidine rings is 1. The van der Waals surface area contributed by atoms with Crippen molar-refractivity contribution in [2.24, 2.45) is 18.7 Å². The van der Waals surface area contributed by atoms with Gasteiger partial charge in [-0.25, -0.2) is 18.1 Å². The van der Waals surface area contributed by atoms with Crippen LogP contribution in [-0.2, 0) is 21.9 Å². The molecule has 8 nitrogen and oxygen atoms in total. The van der Waals surface area contributed by atoms with Gasteiger partial charge in [-0.05, 0) is 32.6 Å². The van der Waals surface area contributed by atoms with Gasteiger partial charge in [0.25, 0.3) is 10.0 Å². The fraction of sp³-hybridized carbons (Fsp3) is 0.733. The van der Waals surface area contributed by atoms with E-state index in [9.17, 15) is 13.2 Å². The van der Waals surface area contributed by atoms with Crippen LogP contribution in [-0.4, -0.2) is 54.5 Å². The van der Waals surface area contributed by atoms with Crippen molar-refractivity contribution in [1.29, 1.82) is 0 Å². The summed E-state index contributed by atoms with van der Waals surface area (Å²) in [6.45, 7) is 5.18. The van der Waals surface area contributed by atoms with E-state index in [2.05, 4.69) is 9.71 Å². The minimum Gasteiger partial charge on any atom is -0.343 e. The summed E-state index contributed by atoms with van der Waals surface area (Å²) in [5, 5.41) is -0.0207. The molecule has 0 bridgehead atoms. The Bertz CT molecular complexity index is 662. The summed E-state index contributed by atoms with van der Waals surface area (Å²) in [6, 6.07) is 0.149. The first kappa shape index (κ1) is 21.9. The van der Waals surface area contributed by atoms with Crippen molar-refractivity contribution in [3.63, 3.8) is 0 Å². The standard InChI is InChI=1S/C15H27N5O3S.ClH/c1-11(16)13-5-8-20(9-6-13)15(21)4-7-17-24(22,23)14-10-19(3)12(2)18-14;/h10-11,13,17H,4-9,16H2,1-3H3;1H. The first-order chi connectivity index (χ1) is 11.2. The Balaban J connectivity index is 0.00000312. The number of rotatable bonds is 6. The van der Waals surface area contributed by atoms with Crippen molar-refractivity contribution in [3.05, 3.63) is 12.0 Å². The van der Waals surface area contributed by atoms with Crippen molar-refractivity contribution in [1.82, 2.24) is 19.2 Å². The molecule has 10 heteroatoms. The number of nitrogens with zero attached hydrogens (tertiary/aromatic N) is 3. The molecule has 144 valence electrons. The van der Waals surface area contributed by atoms with Gasteiger partial charge in [0.2, 0.25) is 5.91 Å². The van der Waals surface area contributed by atoms with E-state index < -0.39 is 10.0 Å². The number of nitrogens with one attached hydrogen (secondary N) is 1. The summed E-state index contributed by atoms with van der Waals surface area (Å²) in [4.78, 5) is 18.0. The van der Waals surface area contributed by atoms with E-state index >= 15 is 0 Å². The minimum absolute atomic E-state index is 0. The number of aryl methyl sites for hydroxylation is 2. The maximum atomic E-state index is 12.2. The molecule has 25 heavy (non-hydrogen) atoms. The Morgan fingerprint density at radius 1 is 1.44 bits per heavy atom. The van der Waals surface area contributed by atoms with E-state index in [1.807, 2.05) is 6.92 Å². The molecule has 0 radical (unpaired) electrons. The number of halogens is 1. The maximum absolute atomic E-state index is 12.2. The molecule has 0 aromatic carbocycles. The zero-order valence-corrected chi connectivity index (χ0v) is 16.6. The lowest BCUT2D eigenvalue weighted by atomic mass is 9.91. The second-order valence-electron chi connectivity index (χ2n) is 6.46. The molecule has 0 saturated carbocycles. The van der Waals surface area contributed by atoms with E-state index in [0.717, 1.165) is 12.8 Å². The normalized spacial score (nSPS) is 17.2. The van der Waals surface area contributed by atoms with Crippen LogP contribution in [0.1, 0.15) is 32.0 Å². The predicted octanol–water partition coefficient (Wildman–Crippen LogP) is 0.405. The molecule has 3 N–H and O–H groups in total. The van der Waals surface area contributed by atoms with Crippen LogP contribution in [0.3, 0.4) is 0 Å². The Morgan fingerprint density at radius 3 is 2.52 bits per heavy atom. The molecule has 1 amide bonds. The lowest BCUT2D eigenvalue weighted by Crippen LogP contribution is -2.43. The zero-order valence-electron chi connectivity index (χ0n) is 14.9. The highest BCUT2D eigenvalue weighted by molar-refractivity contribution is 7.89. The second kappa shape index (κ2) is 8.98. The SMILES string of the molecule is Cc1nc(S(=O)(=O)NCCC(=O)N2CCC(C(C)N)CC2)cn1C.Cl. The molecular weight excluding hydrogens is 366 g/mol.